The third-order valence-electron chi connectivity index (χ3n) is 6.91. The summed E-state index contributed by atoms with van der Waals surface area (Å²) in [6.07, 6.45) is -2.40. The standard InChI is InChI=1S/C21H24F3N5O2/c1-9(2)29-14(17-11-5-15-19(18(11)17)31-8-16(30)28(15)3)6-13(27-29)10-4-12(21(22,23)24)20(25)26-7-10/h4,6-7,9,11,15,17-19H,5,8H2,1-3H3,(H2,25,26). The van der Waals surface area contributed by atoms with Gasteiger partial charge >= 0.3 is 6.18 Å². The van der Waals surface area contributed by atoms with Crippen LogP contribution < -0.4 is 5.73 Å². The van der Waals surface area contributed by atoms with Gasteiger partial charge in [0.05, 0.1) is 23.4 Å². The number of carbonyl (C=O) groups excluding carboxylic acids is 1. The number of nitrogen functional groups attached to an aromatic ring is 1. The summed E-state index contributed by atoms with van der Waals surface area (Å²) in [6, 6.07) is 3.01. The Bertz CT molecular complexity index is 1050. The summed E-state index contributed by atoms with van der Waals surface area (Å²) in [5, 5.41) is 4.62. The largest absolute Gasteiger partial charge is 0.419 e. The number of hydrogen-bond acceptors (Lipinski definition) is 5. The molecule has 5 atom stereocenters. The van der Waals surface area contributed by atoms with Gasteiger partial charge in [-0.05, 0) is 44.2 Å². The predicted octanol–water partition coefficient (Wildman–Crippen LogP) is 3.09. The molecular formula is C21H24F3N5O2. The number of ether oxygens (including phenoxy) is 1. The fraction of sp³-hybridized carbons (Fsp3) is 0.571. The maximum atomic E-state index is 13.3. The fourth-order valence-electron chi connectivity index (χ4n) is 5.35. The molecule has 31 heavy (non-hydrogen) atoms. The molecule has 1 saturated heterocycles. The molecule has 5 rings (SSSR count). The zero-order valence-electron chi connectivity index (χ0n) is 17.4. The summed E-state index contributed by atoms with van der Waals surface area (Å²) >= 11 is 0. The van der Waals surface area contributed by atoms with Crippen LogP contribution in [-0.2, 0) is 15.7 Å². The summed E-state index contributed by atoms with van der Waals surface area (Å²) in [7, 11) is 1.82. The van der Waals surface area contributed by atoms with Crippen molar-refractivity contribution >= 4 is 11.7 Å². The van der Waals surface area contributed by atoms with E-state index in [-0.39, 0.29) is 48.1 Å². The summed E-state index contributed by atoms with van der Waals surface area (Å²) < 4.78 is 47.6. The zero-order chi connectivity index (χ0) is 22.2. The van der Waals surface area contributed by atoms with E-state index in [1.807, 2.05) is 31.6 Å². The number of pyridine rings is 1. The topological polar surface area (TPSA) is 86.3 Å². The molecule has 0 radical (unpaired) electrons. The fourth-order valence-corrected chi connectivity index (χ4v) is 5.35. The second-order valence-corrected chi connectivity index (χ2v) is 9.00. The normalized spacial score (nSPS) is 30.0. The number of aromatic nitrogens is 3. The zero-order valence-corrected chi connectivity index (χ0v) is 17.4. The smallest absolute Gasteiger partial charge is 0.383 e. The number of hydrogen-bond donors (Lipinski definition) is 1. The van der Waals surface area contributed by atoms with Crippen molar-refractivity contribution in [2.24, 2.45) is 11.8 Å². The molecule has 0 bridgehead atoms. The van der Waals surface area contributed by atoms with E-state index in [1.165, 1.54) is 6.20 Å². The van der Waals surface area contributed by atoms with E-state index in [0.717, 1.165) is 18.2 Å². The highest BCUT2D eigenvalue weighted by Gasteiger charge is 2.66. The number of nitrogens with zero attached hydrogens (tertiary/aromatic N) is 4. The molecule has 5 unspecified atom stereocenters. The van der Waals surface area contributed by atoms with E-state index < -0.39 is 17.6 Å². The number of anilines is 1. The van der Waals surface area contributed by atoms with Gasteiger partial charge in [-0.3, -0.25) is 9.48 Å². The average Bonchev–Trinajstić information content (AvgIpc) is 3.06. The van der Waals surface area contributed by atoms with Crippen molar-refractivity contribution in [3.05, 3.63) is 29.6 Å². The van der Waals surface area contributed by atoms with Gasteiger partial charge in [0.1, 0.15) is 12.4 Å². The van der Waals surface area contributed by atoms with Crippen molar-refractivity contribution in [2.45, 2.75) is 50.6 Å². The molecule has 3 heterocycles. The van der Waals surface area contributed by atoms with Crippen molar-refractivity contribution in [1.29, 1.82) is 0 Å². The molecule has 2 aliphatic carbocycles. The first-order chi connectivity index (χ1) is 14.6. The lowest BCUT2D eigenvalue weighted by Gasteiger charge is -2.37. The van der Waals surface area contributed by atoms with E-state index in [0.29, 0.717) is 11.6 Å². The monoisotopic (exact) mass is 435 g/mol. The van der Waals surface area contributed by atoms with Crippen LogP contribution in [0.5, 0.6) is 0 Å². The van der Waals surface area contributed by atoms with Gasteiger partial charge in [0, 0.05) is 36.5 Å². The average molecular weight is 435 g/mol. The van der Waals surface area contributed by atoms with Crippen LogP contribution in [0.25, 0.3) is 11.3 Å². The molecular weight excluding hydrogens is 411 g/mol. The number of morpholine rings is 1. The number of amides is 1. The Balaban J connectivity index is 1.47. The molecule has 2 N–H and O–H groups in total. The summed E-state index contributed by atoms with van der Waals surface area (Å²) in [6.45, 7) is 4.08. The van der Waals surface area contributed by atoms with Gasteiger partial charge in [-0.1, -0.05) is 0 Å². The summed E-state index contributed by atoms with van der Waals surface area (Å²) in [5.74, 6) is 0.342. The van der Waals surface area contributed by atoms with Crippen LogP contribution in [0.2, 0.25) is 0 Å². The second-order valence-electron chi connectivity index (χ2n) is 9.00. The quantitative estimate of drug-likeness (QED) is 0.801. The Hall–Kier alpha value is -2.62. The van der Waals surface area contributed by atoms with Crippen LogP contribution in [0, 0.1) is 11.8 Å². The van der Waals surface area contributed by atoms with Crippen LogP contribution in [0.3, 0.4) is 0 Å². The number of nitrogens with two attached hydrogens (primary N) is 1. The van der Waals surface area contributed by atoms with E-state index in [9.17, 15) is 18.0 Å². The van der Waals surface area contributed by atoms with Crippen molar-refractivity contribution < 1.29 is 22.7 Å². The number of likely N-dealkylation sites (N-methyl/N-ethyl adjacent to an activating group) is 1. The highest BCUT2D eigenvalue weighted by Crippen LogP contribution is 2.65. The number of carbonyl (C=O) groups is 1. The molecule has 2 saturated carbocycles. The van der Waals surface area contributed by atoms with Crippen molar-refractivity contribution in [3.63, 3.8) is 0 Å². The van der Waals surface area contributed by atoms with Gasteiger partial charge in [0.2, 0.25) is 5.91 Å². The maximum Gasteiger partial charge on any atom is 0.419 e. The second kappa shape index (κ2) is 6.69. The lowest BCUT2D eigenvalue weighted by Crippen LogP contribution is -2.51. The van der Waals surface area contributed by atoms with Crippen molar-refractivity contribution in [1.82, 2.24) is 19.7 Å². The van der Waals surface area contributed by atoms with Gasteiger partial charge in [-0.2, -0.15) is 18.3 Å². The van der Waals surface area contributed by atoms with Crippen molar-refractivity contribution in [2.75, 3.05) is 19.4 Å². The van der Waals surface area contributed by atoms with Gasteiger partial charge in [0.15, 0.2) is 0 Å². The molecule has 7 nitrogen and oxygen atoms in total. The molecule has 10 heteroatoms. The molecule has 2 aromatic heterocycles. The highest BCUT2D eigenvalue weighted by molar-refractivity contribution is 5.78. The molecule has 3 aliphatic rings. The van der Waals surface area contributed by atoms with Gasteiger partial charge in [-0.25, -0.2) is 4.98 Å². The van der Waals surface area contributed by atoms with Gasteiger partial charge in [0.25, 0.3) is 0 Å². The van der Waals surface area contributed by atoms with Crippen molar-refractivity contribution in [3.8, 4) is 11.3 Å². The van der Waals surface area contributed by atoms with Crippen LogP contribution >= 0.6 is 0 Å². The van der Waals surface area contributed by atoms with Gasteiger partial charge in [-0.15, -0.1) is 0 Å². The maximum absolute atomic E-state index is 13.3. The Kier molecular flexibility index (Phi) is 4.38. The molecule has 0 spiro atoms. The van der Waals surface area contributed by atoms with E-state index in [2.05, 4.69) is 10.1 Å². The lowest BCUT2D eigenvalue weighted by atomic mass is 9.99. The van der Waals surface area contributed by atoms with E-state index in [4.69, 9.17) is 10.5 Å². The molecule has 1 amide bonds. The number of rotatable bonds is 3. The third-order valence-corrected chi connectivity index (χ3v) is 6.91. The van der Waals surface area contributed by atoms with Crippen LogP contribution in [0.15, 0.2) is 18.3 Å². The van der Waals surface area contributed by atoms with Crippen LogP contribution in [0.1, 0.15) is 43.5 Å². The van der Waals surface area contributed by atoms with Crippen LogP contribution in [-0.4, -0.2) is 51.4 Å². The summed E-state index contributed by atoms with van der Waals surface area (Å²) in [4.78, 5) is 17.5. The third kappa shape index (κ3) is 3.10. The van der Waals surface area contributed by atoms with Crippen LogP contribution in [0.4, 0.5) is 19.0 Å². The number of halogens is 3. The Labute approximate surface area is 177 Å². The van der Waals surface area contributed by atoms with E-state index in [1.54, 1.807) is 4.90 Å². The highest BCUT2D eigenvalue weighted by atomic mass is 19.4. The molecule has 0 aromatic carbocycles. The lowest BCUT2D eigenvalue weighted by molar-refractivity contribution is -0.154. The first-order valence-corrected chi connectivity index (χ1v) is 10.4. The first kappa shape index (κ1) is 20.3. The van der Waals surface area contributed by atoms with Gasteiger partial charge < -0.3 is 15.4 Å². The predicted molar refractivity (Wildman–Crippen MR) is 106 cm³/mol. The van der Waals surface area contributed by atoms with E-state index >= 15 is 0 Å². The molecule has 1 aliphatic heterocycles. The molecule has 2 aromatic rings. The Morgan fingerprint density at radius 2 is 2.03 bits per heavy atom. The minimum absolute atomic E-state index is 0.00456. The first-order valence-electron chi connectivity index (χ1n) is 10.4. The Morgan fingerprint density at radius 1 is 1.29 bits per heavy atom. The molecule has 3 fully saturated rings. The minimum Gasteiger partial charge on any atom is -0.383 e. The number of fused-ring (bicyclic) bond motifs is 3. The molecule has 166 valence electrons. The number of alkyl halides is 3. The Morgan fingerprint density at radius 3 is 2.71 bits per heavy atom. The summed E-state index contributed by atoms with van der Waals surface area (Å²) in [5.41, 5.74) is 6.20. The minimum atomic E-state index is -4.58. The SMILES string of the molecule is CC(C)n1nc(-c2cnc(N)c(C(F)(F)F)c2)cc1C1C2CC3C(OCC(=O)N3C)C21.